The van der Waals surface area contributed by atoms with Crippen LogP contribution in [0.3, 0.4) is 0 Å². The number of nitrogens with two attached hydrogens (primary N) is 1. The second-order valence-corrected chi connectivity index (χ2v) is 9.56. The number of rotatable bonds is 4. The van der Waals surface area contributed by atoms with Crippen molar-refractivity contribution in [3.8, 4) is 17.0 Å². The van der Waals surface area contributed by atoms with Gasteiger partial charge in [-0.15, -0.1) is 10.2 Å². The van der Waals surface area contributed by atoms with Crippen molar-refractivity contribution in [1.82, 2.24) is 25.5 Å². The summed E-state index contributed by atoms with van der Waals surface area (Å²) in [5.74, 6) is 1.99. The van der Waals surface area contributed by atoms with E-state index in [1.807, 2.05) is 30.6 Å². The van der Waals surface area contributed by atoms with Gasteiger partial charge in [0.1, 0.15) is 5.75 Å². The van der Waals surface area contributed by atoms with Crippen LogP contribution >= 0.6 is 0 Å². The van der Waals surface area contributed by atoms with Crippen molar-refractivity contribution in [3.63, 3.8) is 0 Å². The molecule has 1 aromatic carbocycles. The van der Waals surface area contributed by atoms with Gasteiger partial charge in [-0.05, 0) is 68.5 Å². The molecule has 9 heteroatoms. The molecule has 2 atom stereocenters. The van der Waals surface area contributed by atoms with Gasteiger partial charge in [-0.25, -0.2) is 9.97 Å². The van der Waals surface area contributed by atoms with E-state index in [9.17, 15) is 5.11 Å². The van der Waals surface area contributed by atoms with E-state index in [0.29, 0.717) is 35.1 Å². The van der Waals surface area contributed by atoms with E-state index in [1.54, 1.807) is 12.1 Å². The maximum absolute atomic E-state index is 10.3. The zero-order valence-corrected chi connectivity index (χ0v) is 19.1. The van der Waals surface area contributed by atoms with Gasteiger partial charge >= 0.3 is 0 Å². The molecule has 0 spiro atoms. The molecule has 2 unspecified atom stereocenters. The fraction of sp³-hybridized carbons (Fsp3) is 0.440. The monoisotopic (exact) mass is 458 g/mol. The third kappa shape index (κ3) is 3.79. The standard InChI is InChI=1S/C25H30N8O/c26-24-22(11-21(30-31-24)20-3-1-2-4-23(20)34)32-14-18-5-6-19(15-32)33(18)25-28-12-17(13-29-25)16-7-9-27-10-8-16/h1-4,11-13,16,18-19,27,34H,5-10,14-15H2,(H2,26,31). The minimum atomic E-state index is 0.183. The number of aromatic hydroxyl groups is 1. The highest BCUT2D eigenvalue weighted by molar-refractivity contribution is 5.74. The number of hydrogen-bond donors (Lipinski definition) is 3. The molecule has 5 heterocycles. The molecular weight excluding hydrogens is 428 g/mol. The second-order valence-electron chi connectivity index (χ2n) is 9.56. The fourth-order valence-corrected chi connectivity index (χ4v) is 5.72. The number of anilines is 3. The van der Waals surface area contributed by atoms with Crippen LogP contribution in [0.5, 0.6) is 5.75 Å². The van der Waals surface area contributed by atoms with Crippen LogP contribution in [0.15, 0.2) is 42.7 Å². The Hall–Kier alpha value is -3.46. The summed E-state index contributed by atoms with van der Waals surface area (Å²) in [7, 11) is 0. The van der Waals surface area contributed by atoms with Crippen LogP contribution in [0.4, 0.5) is 17.5 Å². The highest BCUT2D eigenvalue weighted by Gasteiger charge is 2.42. The van der Waals surface area contributed by atoms with E-state index in [2.05, 4.69) is 25.3 Å². The molecule has 3 fully saturated rings. The lowest BCUT2D eigenvalue weighted by molar-refractivity contribution is 0.458. The van der Waals surface area contributed by atoms with E-state index in [1.165, 1.54) is 5.56 Å². The molecule has 9 nitrogen and oxygen atoms in total. The zero-order chi connectivity index (χ0) is 23.1. The lowest BCUT2D eigenvalue weighted by atomic mass is 9.92. The number of nitrogens with one attached hydrogen (secondary N) is 1. The molecule has 0 aliphatic carbocycles. The van der Waals surface area contributed by atoms with Crippen LogP contribution in [-0.4, -0.2) is 63.5 Å². The van der Waals surface area contributed by atoms with Gasteiger partial charge in [0, 0.05) is 43.1 Å². The zero-order valence-electron chi connectivity index (χ0n) is 19.1. The molecule has 0 saturated carbocycles. The van der Waals surface area contributed by atoms with Crippen LogP contribution in [0.2, 0.25) is 0 Å². The number of nitrogens with zero attached hydrogens (tertiary/aromatic N) is 6. The number of phenolic OH excluding ortho intramolecular Hbond substituents is 1. The molecule has 3 saturated heterocycles. The molecule has 3 aliphatic heterocycles. The third-order valence-electron chi connectivity index (χ3n) is 7.50. The van der Waals surface area contributed by atoms with E-state index in [4.69, 9.17) is 15.7 Å². The first-order valence-corrected chi connectivity index (χ1v) is 12.1. The van der Waals surface area contributed by atoms with Gasteiger partial charge in [0.15, 0.2) is 5.82 Å². The molecule has 176 valence electrons. The summed E-state index contributed by atoms with van der Waals surface area (Å²) in [5.41, 5.74) is 9.65. The summed E-state index contributed by atoms with van der Waals surface area (Å²) in [5, 5.41) is 22.1. The highest BCUT2D eigenvalue weighted by Crippen LogP contribution is 2.38. The topological polar surface area (TPSA) is 116 Å². The van der Waals surface area contributed by atoms with Crippen molar-refractivity contribution in [2.45, 2.75) is 43.7 Å². The number of nitrogen functional groups attached to an aromatic ring is 1. The van der Waals surface area contributed by atoms with E-state index in [0.717, 1.165) is 63.5 Å². The number of aromatic nitrogens is 4. The van der Waals surface area contributed by atoms with Gasteiger partial charge in [-0.3, -0.25) is 0 Å². The molecule has 34 heavy (non-hydrogen) atoms. The highest BCUT2D eigenvalue weighted by atomic mass is 16.3. The molecule has 6 rings (SSSR count). The minimum absolute atomic E-state index is 0.183. The summed E-state index contributed by atoms with van der Waals surface area (Å²) in [6, 6.07) is 9.75. The number of piperazine rings is 1. The van der Waals surface area contributed by atoms with E-state index < -0.39 is 0 Å². The Morgan fingerprint density at radius 3 is 2.35 bits per heavy atom. The van der Waals surface area contributed by atoms with Crippen LogP contribution in [-0.2, 0) is 0 Å². The number of hydrogen-bond acceptors (Lipinski definition) is 9. The number of phenols is 1. The quantitative estimate of drug-likeness (QED) is 0.542. The summed E-state index contributed by atoms with van der Waals surface area (Å²) < 4.78 is 0. The van der Waals surface area contributed by atoms with Crippen molar-refractivity contribution in [3.05, 3.63) is 48.3 Å². The van der Waals surface area contributed by atoms with Crippen molar-refractivity contribution in [2.24, 2.45) is 0 Å². The van der Waals surface area contributed by atoms with Gasteiger partial charge in [0.2, 0.25) is 5.95 Å². The van der Waals surface area contributed by atoms with Crippen molar-refractivity contribution in [2.75, 3.05) is 41.7 Å². The van der Waals surface area contributed by atoms with Gasteiger partial charge in [0.05, 0.1) is 11.4 Å². The Bertz CT molecular complexity index is 1150. The number of benzene rings is 1. The van der Waals surface area contributed by atoms with Gasteiger partial charge in [0.25, 0.3) is 0 Å². The molecule has 2 aromatic heterocycles. The Morgan fingerprint density at radius 2 is 1.65 bits per heavy atom. The average molecular weight is 459 g/mol. The van der Waals surface area contributed by atoms with Gasteiger partial charge in [-0.2, -0.15) is 0 Å². The predicted molar refractivity (Wildman–Crippen MR) is 132 cm³/mol. The lowest BCUT2D eigenvalue weighted by Gasteiger charge is -2.42. The Balaban J connectivity index is 1.22. The van der Waals surface area contributed by atoms with Crippen molar-refractivity contribution >= 4 is 17.5 Å². The van der Waals surface area contributed by atoms with Gasteiger partial charge in [-0.1, -0.05) is 12.1 Å². The van der Waals surface area contributed by atoms with E-state index >= 15 is 0 Å². The second kappa shape index (κ2) is 8.72. The predicted octanol–water partition coefficient (Wildman–Crippen LogP) is 2.55. The number of para-hydroxylation sites is 1. The van der Waals surface area contributed by atoms with Crippen molar-refractivity contribution < 1.29 is 5.11 Å². The van der Waals surface area contributed by atoms with Crippen molar-refractivity contribution in [1.29, 1.82) is 0 Å². The molecular formula is C25H30N8O. The lowest BCUT2D eigenvalue weighted by Crippen LogP contribution is -2.54. The summed E-state index contributed by atoms with van der Waals surface area (Å²) in [4.78, 5) is 14.3. The first-order chi connectivity index (χ1) is 16.7. The first-order valence-electron chi connectivity index (χ1n) is 12.1. The molecule has 3 aliphatic rings. The van der Waals surface area contributed by atoms with Crippen LogP contribution in [0, 0.1) is 0 Å². The molecule has 0 amide bonds. The number of fused-ring (bicyclic) bond motifs is 2. The van der Waals surface area contributed by atoms with Crippen LogP contribution in [0.25, 0.3) is 11.3 Å². The molecule has 2 bridgehead atoms. The van der Waals surface area contributed by atoms with Gasteiger partial charge < -0.3 is 26.0 Å². The Kier molecular flexibility index (Phi) is 5.41. The number of piperidine rings is 1. The largest absolute Gasteiger partial charge is 0.507 e. The normalized spacial score (nSPS) is 22.8. The third-order valence-corrected chi connectivity index (χ3v) is 7.50. The fourth-order valence-electron chi connectivity index (χ4n) is 5.72. The van der Waals surface area contributed by atoms with E-state index in [-0.39, 0.29) is 5.75 Å². The minimum Gasteiger partial charge on any atom is -0.507 e. The summed E-state index contributed by atoms with van der Waals surface area (Å²) in [6.45, 7) is 3.78. The molecule has 0 radical (unpaired) electrons. The summed E-state index contributed by atoms with van der Waals surface area (Å²) >= 11 is 0. The Labute approximate surface area is 199 Å². The average Bonchev–Trinajstić information content (AvgIpc) is 3.14. The first kappa shape index (κ1) is 21.1. The maximum atomic E-state index is 10.3. The summed E-state index contributed by atoms with van der Waals surface area (Å²) in [6.07, 6.45) is 8.57. The molecule has 3 aromatic rings. The smallest absolute Gasteiger partial charge is 0.225 e. The SMILES string of the molecule is Nc1nnc(-c2ccccc2O)cc1N1CC2CCC(C1)N2c1ncc(C2CCNCC2)cn1. The Morgan fingerprint density at radius 1 is 0.941 bits per heavy atom. The maximum Gasteiger partial charge on any atom is 0.225 e. The van der Waals surface area contributed by atoms with Crippen LogP contribution < -0.4 is 20.9 Å². The molecule has 4 N–H and O–H groups in total. The van der Waals surface area contributed by atoms with Crippen LogP contribution in [0.1, 0.15) is 37.2 Å².